The van der Waals surface area contributed by atoms with Crippen molar-refractivity contribution in [2.75, 3.05) is 26.1 Å². The number of ether oxygens (including phenoxy) is 2. The summed E-state index contributed by atoms with van der Waals surface area (Å²) in [6, 6.07) is 12.2. The zero-order chi connectivity index (χ0) is 20.6. The Morgan fingerprint density at radius 3 is 2.45 bits per heavy atom. The van der Waals surface area contributed by atoms with Crippen LogP contribution in [0.1, 0.15) is 37.7 Å². The van der Waals surface area contributed by atoms with Gasteiger partial charge in [0.05, 0.1) is 26.5 Å². The fourth-order valence-electron chi connectivity index (χ4n) is 3.87. The Balaban J connectivity index is 1.72. The molecule has 0 aliphatic heterocycles. The summed E-state index contributed by atoms with van der Waals surface area (Å²) in [6.07, 6.45) is 5.76. The molecule has 29 heavy (non-hydrogen) atoms. The summed E-state index contributed by atoms with van der Waals surface area (Å²) in [4.78, 5) is 15.1. The molecular formula is C23H29FN2O3. The molecule has 1 N–H and O–H groups in total. The molecule has 2 aromatic rings. The van der Waals surface area contributed by atoms with Gasteiger partial charge < -0.3 is 14.8 Å². The van der Waals surface area contributed by atoms with E-state index in [-0.39, 0.29) is 18.3 Å². The summed E-state index contributed by atoms with van der Waals surface area (Å²) in [5.41, 5.74) is 1.59. The van der Waals surface area contributed by atoms with Crippen molar-refractivity contribution in [3.63, 3.8) is 0 Å². The second-order valence-corrected chi connectivity index (χ2v) is 7.44. The first-order valence-corrected chi connectivity index (χ1v) is 10.1. The van der Waals surface area contributed by atoms with Crippen LogP contribution in [0.25, 0.3) is 0 Å². The van der Waals surface area contributed by atoms with Crippen LogP contribution >= 0.6 is 0 Å². The van der Waals surface area contributed by atoms with E-state index < -0.39 is 0 Å². The van der Waals surface area contributed by atoms with Crippen LogP contribution in [0.2, 0.25) is 0 Å². The first-order valence-electron chi connectivity index (χ1n) is 10.1. The number of benzene rings is 2. The summed E-state index contributed by atoms with van der Waals surface area (Å²) in [6.45, 7) is 0.885. The highest BCUT2D eigenvalue weighted by Crippen LogP contribution is 2.29. The minimum Gasteiger partial charge on any atom is -0.497 e. The summed E-state index contributed by atoms with van der Waals surface area (Å²) in [5, 5.41) is 2.96. The van der Waals surface area contributed by atoms with Gasteiger partial charge in [-0.2, -0.15) is 0 Å². The molecule has 3 rings (SSSR count). The molecular weight excluding hydrogens is 371 g/mol. The van der Waals surface area contributed by atoms with Crippen LogP contribution in [0.5, 0.6) is 11.5 Å². The second kappa shape index (κ2) is 10.3. The Hall–Kier alpha value is -2.60. The number of anilines is 1. The molecule has 0 saturated heterocycles. The quantitative estimate of drug-likeness (QED) is 0.703. The van der Waals surface area contributed by atoms with Crippen molar-refractivity contribution < 1.29 is 18.7 Å². The van der Waals surface area contributed by atoms with Gasteiger partial charge >= 0.3 is 0 Å². The van der Waals surface area contributed by atoms with Gasteiger partial charge in [0.15, 0.2) is 0 Å². The fourth-order valence-corrected chi connectivity index (χ4v) is 3.87. The molecule has 1 aliphatic rings. The lowest BCUT2D eigenvalue weighted by Crippen LogP contribution is -2.41. The van der Waals surface area contributed by atoms with Crippen molar-refractivity contribution in [2.45, 2.75) is 44.7 Å². The number of carbonyl (C=O) groups is 1. The van der Waals surface area contributed by atoms with Crippen molar-refractivity contribution in [3.05, 3.63) is 53.8 Å². The Labute approximate surface area is 171 Å². The predicted octanol–water partition coefficient (Wildman–Crippen LogP) is 4.62. The van der Waals surface area contributed by atoms with Gasteiger partial charge in [0.1, 0.15) is 17.3 Å². The maximum atomic E-state index is 13.3. The maximum Gasteiger partial charge on any atom is 0.238 e. The molecule has 0 atom stereocenters. The highest BCUT2D eigenvalue weighted by atomic mass is 19.1. The highest BCUT2D eigenvalue weighted by Gasteiger charge is 2.24. The maximum absolute atomic E-state index is 13.3. The van der Waals surface area contributed by atoms with Crippen LogP contribution in [0.15, 0.2) is 42.5 Å². The Bertz CT molecular complexity index is 804. The third kappa shape index (κ3) is 5.94. The van der Waals surface area contributed by atoms with Crippen molar-refractivity contribution >= 4 is 11.6 Å². The largest absolute Gasteiger partial charge is 0.497 e. The topological polar surface area (TPSA) is 50.8 Å². The Kier molecular flexibility index (Phi) is 7.47. The van der Waals surface area contributed by atoms with Crippen molar-refractivity contribution in [3.8, 4) is 11.5 Å². The van der Waals surface area contributed by atoms with Crippen molar-refractivity contribution in [1.29, 1.82) is 0 Å². The molecule has 0 aromatic heterocycles. The molecule has 1 saturated carbocycles. The fraction of sp³-hybridized carbons (Fsp3) is 0.435. The lowest BCUT2D eigenvalue weighted by atomic mass is 9.93. The molecule has 0 unspecified atom stereocenters. The summed E-state index contributed by atoms with van der Waals surface area (Å²) in [7, 11) is 3.15. The molecule has 0 heterocycles. The van der Waals surface area contributed by atoms with Gasteiger partial charge in [0.2, 0.25) is 5.91 Å². The normalized spacial score (nSPS) is 14.6. The minimum atomic E-state index is -0.249. The molecule has 0 bridgehead atoms. The smallest absolute Gasteiger partial charge is 0.238 e. The van der Waals surface area contributed by atoms with Crippen LogP contribution < -0.4 is 14.8 Å². The second-order valence-electron chi connectivity index (χ2n) is 7.44. The molecule has 2 aromatic carbocycles. The van der Waals surface area contributed by atoms with E-state index in [0.717, 1.165) is 18.4 Å². The van der Waals surface area contributed by atoms with Gasteiger partial charge in [-0.1, -0.05) is 31.4 Å². The summed E-state index contributed by atoms with van der Waals surface area (Å²) >= 11 is 0. The third-order valence-electron chi connectivity index (χ3n) is 5.42. The number of hydrogen-bond acceptors (Lipinski definition) is 4. The standard InChI is InChI=1S/C23H29FN2O3/c1-28-20-12-13-22(29-2)21(14-20)25-23(27)16-26(19-6-4-3-5-7-19)15-17-8-10-18(24)11-9-17/h8-14,19H,3-7,15-16H2,1-2H3,(H,25,27). The lowest BCUT2D eigenvalue weighted by molar-refractivity contribution is -0.118. The van der Waals surface area contributed by atoms with Crippen LogP contribution in [-0.4, -0.2) is 37.6 Å². The van der Waals surface area contributed by atoms with Crippen LogP contribution in [0.4, 0.5) is 10.1 Å². The number of hydrogen-bond donors (Lipinski definition) is 1. The van der Waals surface area contributed by atoms with Crippen molar-refractivity contribution in [2.24, 2.45) is 0 Å². The molecule has 156 valence electrons. The van der Waals surface area contributed by atoms with Crippen LogP contribution in [-0.2, 0) is 11.3 Å². The Morgan fingerprint density at radius 1 is 1.07 bits per heavy atom. The highest BCUT2D eigenvalue weighted by molar-refractivity contribution is 5.94. The number of rotatable bonds is 8. The zero-order valence-corrected chi connectivity index (χ0v) is 17.1. The van der Waals surface area contributed by atoms with E-state index in [1.807, 2.05) is 0 Å². The lowest BCUT2D eigenvalue weighted by Gasteiger charge is -2.34. The zero-order valence-electron chi connectivity index (χ0n) is 17.1. The van der Waals surface area contributed by atoms with E-state index in [4.69, 9.17) is 9.47 Å². The van der Waals surface area contributed by atoms with E-state index in [0.29, 0.717) is 29.8 Å². The first kappa shape index (κ1) is 21.1. The average Bonchev–Trinajstić information content (AvgIpc) is 2.75. The number of carbonyl (C=O) groups excluding carboxylic acids is 1. The molecule has 0 spiro atoms. The van der Waals surface area contributed by atoms with Gasteiger partial charge in [-0.05, 0) is 42.7 Å². The molecule has 6 heteroatoms. The van der Waals surface area contributed by atoms with E-state index in [1.165, 1.54) is 31.4 Å². The van der Waals surface area contributed by atoms with Gasteiger partial charge in [0, 0.05) is 18.7 Å². The van der Waals surface area contributed by atoms with Crippen LogP contribution in [0.3, 0.4) is 0 Å². The molecule has 1 fully saturated rings. The molecule has 1 aliphatic carbocycles. The van der Waals surface area contributed by atoms with Crippen LogP contribution in [0, 0.1) is 5.82 Å². The number of nitrogens with one attached hydrogen (secondary N) is 1. The number of nitrogens with zero attached hydrogens (tertiary/aromatic N) is 1. The summed E-state index contributed by atoms with van der Waals surface area (Å²) in [5.74, 6) is 0.878. The monoisotopic (exact) mass is 400 g/mol. The first-order chi connectivity index (χ1) is 14.1. The Morgan fingerprint density at radius 2 is 1.79 bits per heavy atom. The van der Waals surface area contributed by atoms with Gasteiger partial charge in [0.25, 0.3) is 0 Å². The van der Waals surface area contributed by atoms with E-state index >= 15 is 0 Å². The SMILES string of the molecule is COc1ccc(OC)c(NC(=O)CN(Cc2ccc(F)cc2)C2CCCCC2)c1. The number of halogens is 1. The van der Waals surface area contributed by atoms with Crippen molar-refractivity contribution in [1.82, 2.24) is 4.90 Å². The number of amides is 1. The number of methoxy groups -OCH3 is 2. The van der Waals surface area contributed by atoms with E-state index in [1.54, 1.807) is 44.6 Å². The predicted molar refractivity (Wildman–Crippen MR) is 112 cm³/mol. The minimum absolute atomic E-state index is 0.107. The molecule has 0 radical (unpaired) electrons. The molecule has 5 nitrogen and oxygen atoms in total. The molecule has 1 amide bonds. The van der Waals surface area contributed by atoms with Gasteiger partial charge in [-0.15, -0.1) is 0 Å². The van der Waals surface area contributed by atoms with E-state index in [9.17, 15) is 9.18 Å². The van der Waals surface area contributed by atoms with E-state index in [2.05, 4.69) is 10.2 Å². The van der Waals surface area contributed by atoms with Gasteiger partial charge in [-0.25, -0.2) is 4.39 Å². The third-order valence-corrected chi connectivity index (χ3v) is 5.42. The average molecular weight is 400 g/mol. The summed E-state index contributed by atoms with van der Waals surface area (Å²) < 4.78 is 23.9. The van der Waals surface area contributed by atoms with Gasteiger partial charge in [-0.3, -0.25) is 9.69 Å².